The highest BCUT2D eigenvalue weighted by molar-refractivity contribution is 5.66. The average molecular weight is 250 g/mol. The van der Waals surface area contributed by atoms with E-state index < -0.39 is 41.9 Å². The minimum atomic E-state index is -3.70. The third kappa shape index (κ3) is 3.18. The monoisotopic (exact) mass is 250 g/mol. The van der Waals surface area contributed by atoms with Gasteiger partial charge in [0.15, 0.2) is 0 Å². The van der Waals surface area contributed by atoms with Crippen molar-refractivity contribution in [1.82, 2.24) is 0 Å². The first-order chi connectivity index (χ1) is 7.74. The number of carbonyl (C=O) groups is 1. The largest absolute Gasteiger partial charge is 0.481 e. The maximum Gasteiger partial charge on any atom is 0.303 e. The van der Waals surface area contributed by atoms with Crippen LogP contribution in [0.2, 0.25) is 0 Å². The Labute approximate surface area is 94.9 Å². The van der Waals surface area contributed by atoms with E-state index in [1.165, 1.54) is 6.92 Å². The van der Waals surface area contributed by atoms with Crippen molar-refractivity contribution in [3.05, 3.63) is 34.9 Å². The molecule has 1 aromatic rings. The van der Waals surface area contributed by atoms with E-state index in [4.69, 9.17) is 5.11 Å². The second-order valence-electron chi connectivity index (χ2n) is 3.68. The van der Waals surface area contributed by atoms with E-state index in [0.29, 0.717) is 12.1 Å². The molecule has 17 heavy (non-hydrogen) atoms. The maximum atomic E-state index is 13.4. The molecule has 0 aliphatic heterocycles. The van der Waals surface area contributed by atoms with E-state index in [9.17, 15) is 22.4 Å². The molecule has 0 atom stereocenters. The van der Waals surface area contributed by atoms with Crippen molar-refractivity contribution in [2.24, 2.45) is 0 Å². The van der Waals surface area contributed by atoms with Gasteiger partial charge in [0.25, 0.3) is 5.92 Å². The summed E-state index contributed by atoms with van der Waals surface area (Å²) in [5.74, 6) is -7.30. The Morgan fingerprint density at radius 3 is 2.41 bits per heavy atom. The smallest absolute Gasteiger partial charge is 0.303 e. The summed E-state index contributed by atoms with van der Waals surface area (Å²) in [6.07, 6.45) is -1.89. The molecule has 1 N–H and O–H groups in total. The van der Waals surface area contributed by atoms with Crippen LogP contribution in [0, 0.1) is 18.6 Å². The Morgan fingerprint density at radius 1 is 1.29 bits per heavy atom. The van der Waals surface area contributed by atoms with Crippen LogP contribution in [0.5, 0.6) is 0 Å². The van der Waals surface area contributed by atoms with Gasteiger partial charge in [0, 0.05) is 6.42 Å². The lowest BCUT2D eigenvalue weighted by Gasteiger charge is -2.17. The lowest BCUT2D eigenvalue weighted by molar-refractivity contribution is -0.139. The second kappa shape index (κ2) is 4.73. The number of alkyl halides is 2. The zero-order valence-corrected chi connectivity index (χ0v) is 8.94. The molecule has 0 radical (unpaired) electrons. The molecule has 0 spiro atoms. The van der Waals surface area contributed by atoms with Crippen LogP contribution in [0.15, 0.2) is 12.1 Å². The molecule has 0 aliphatic carbocycles. The van der Waals surface area contributed by atoms with Crippen LogP contribution in [-0.2, 0) is 10.7 Å². The van der Waals surface area contributed by atoms with Gasteiger partial charge in [0.05, 0.1) is 12.0 Å². The summed E-state index contributed by atoms with van der Waals surface area (Å²) >= 11 is 0. The molecule has 1 rings (SSSR count). The number of benzene rings is 1. The topological polar surface area (TPSA) is 37.3 Å². The molecular formula is C11H10F4O2. The van der Waals surface area contributed by atoms with Crippen molar-refractivity contribution in [3.8, 4) is 0 Å². The number of carboxylic acids is 1. The van der Waals surface area contributed by atoms with Crippen molar-refractivity contribution >= 4 is 5.97 Å². The Kier molecular flexibility index (Phi) is 3.75. The molecular weight excluding hydrogens is 240 g/mol. The molecule has 6 heteroatoms. The van der Waals surface area contributed by atoms with Gasteiger partial charge in [-0.15, -0.1) is 0 Å². The summed E-state index contributed by atoms with van der Waals surface area (Å²) in [7, 11) is 0. The van der Waals surface area contributed by atoms with Crippen LogP contribution in [0.25, 0.3) is 0 Å². The summed E-state index contributed by atoms with van der Waals surface area (Å²) < 4.78 is 53.2. The summed E-state index contributed by atoms with van der Waals surface area (Å²) in [6, 6.07) is 1.08. The fourth-order valence-corrected chi connectivity index (χ4v) is 1.33. The average Bonchev–Trinajstić information content (AvgIpc) is 2.20. The van der Waals surface area contributed by atoms with Crippen molar-refractivity contribution in [3.63, 3.8) is 0 Å². The molecule has 0 unspecified atom stereocenters. The summed E-state index contributed by atoms with van der Waals surface area (Å²) in [6.45, 7) is 1.25. The molecule has 94 valence electrons. The highest BCUT2D eigenvalue weighted by Gasteiger charge is 2.35. The van der Waals surface area contributed by atoms with Crippen LogP contribution in [0.1, 0.15) is 24.0 Å². The number of hydrogen-bond acceptors (Lipinski definition) is 1. The fraction of sp³-hybridized carbons (Fsp3) is 0.364. The van der Waals surface area contributed by atoms with E-state index in [2.05, 4.69) is 0 Å². The lowest BCUT2D eigenvalue weighted by Crippen LogP contribution is -2.18. The van der Waals surface area contributed by atoms with E-state index in [0.717, 1.165) is 0 Å². The number of aryl methyl sites for hydroxylation is 1. The van der Waals surface area contributed by atoms with Crippen LogP contribution >= 0.6 is 0 Å². The van der Waals surface area contributed by atoms with Crippen LogP contribution < -0.4 is 0 Å². The van der Waals surface area contributed by atoms with Gasteiger partial charge < -0.3 is 5.11 Å². The molecule has 0 fully saturated rings. The van der Waals surface area contributed by atoms with Gasteiger partial charge in [-0.3, -0.25) is 4.79 Å². The zero-order valence-electron chi connectivity index (χ0n) is 8.94. The van der Waals surface area contributed by atoms with Gasteiger partial charge in [0.1, 0.15) is 11.6 Å². The first-order valence-electron chi connectivity index (χ1n) is 4.80. The summed E-state index contributed by atoms with van der Waals surface area (Å²) in [5, 5.41) is 8.29. The molecule has 0 bridgehead atoms. The van der Waals surface area contributed by atoms with Gasteiger partial charge in [-0.2, -0.15) is 0 Å². The first kappa shape index (κ1) is 13.5. The molecule has 0 saturated carbocycles. The molecule has 2 nitrogen and oxygen atoms in total. The number of carboxylic acid groups (broad SMARTS) is 1. The Hall–Kier alpha value is -1.59. The van der Waals surface area contributed by atoms with E-state index in [1.807, 2.05) is 0 Å². The molecule has 0 aromatic heterocycles. The zero-order chi connectivity index (χ0) is 13.2. The van der Waals surface area contributed by atoms with E-state index >= 15 is 0 Å². The van der Waals surface area contributed by atoms with Crippen molar-refractivity contribution in [2.45, 2.75) is 25.7 Å². The van der Waals surface area contributed by atoms with Crippen LogP contribution in [0.4, 0.5) is 17.6 Å². The van der Waals surface area contributed by atoms with Crippen LogP contribution in [0.3, 0.4) is 0 Å². The van der Waals surface area contributed by atoms with Gasteiger partial charge in [-0.25, -0.2) is 17.6 Å². The SMILES string of the molecule is Cc1cc(F)c(C(F)(F)CCC(=O)O)cc1F. The van der Waals surface area contributed by atoms with Crippen molar-refractivity contribution in [2.75, 3.05) is 0 Å². The summed E-state index contributed by atoms with van der Waals surface area (Å²) in [5.41, 5.74) is -1.19. The van der Waals surface area contributed by atoms with Gasteiger partial charge in [0.2, 0.25) is 0 Å². The first-order valence-corrected chi connectivity index (χ1v) is 4.80. The van der Waals surface area contributed by atoms with E-state index in [1.54, 1.807) is 0 Å². The van der Waals surface area contributed by atoms with Crippen molar-refractivity contribution < 1.29 is 27.5 Å². The quantitative estimate of drug-likeness (QED) is 0.833. The minimum Gasteiger partial charge on any atom is -0.481 e. The normalized spacial score (nSPS) is 11.6. The minimum absolute atomic E-state index is 0.0831. The lowest BCUT2D eigenvalue weighted by atomic mass is 10.0. The number of hydrogen-bond donors (Lipinski definition) is 1. The summed E-state index contributed by atoms with van der Waals surface area (Å²) in [4.78, 5) is 10.2. The van der Waals surface area contributed by atoms with Gasteiger partial charge >= 0.3 is 5.97 Å². The van der Waals surface area contributed by atoms with Crippen LogP contribution in [-0.4, -0.2) is 11.1 Å². The molecule has 0 aliphatic rings. The number of rotatable bonds is 4. The standard InChI is InChI=1S/C11H10F4O2/c1-6-4-9(13)7(5-8(6)12)11(14,15)3-2-10(16)17/h4-5H,2-3H2,1H3,(H,16,17). The second-order valence-corrected chi connectivity index (χ2v) is 3.68. The predicted molar refractivity (Wildman–Crippen MR) is 51.9 cm³/mol. The Bertz CT molecular complexity index is 443. The van der Waals surface area contributed by atoms with Gasteiger partial charge in [-0.05, 0) is 24.6 Å². The third-order valence-electron chi connectivity index (χ3n) is 2.30. The highest BCUT2D eigenvalue weighted by atomic mass is 19.3. The Morgan fingerprint density at radius 2 is 1.88 bits per heavy atom. The van der Waals surface area contributed by atoms with E-state index in [-0.39, 0.29) is 5.56 Å². The molecule has 0 saturated heterocycles. The maximum absolute atomic E-state index is 13.4. The number of aliphatic carboxylic acids is 1. The fourth-order valence-electron chi connectivity index (χ4n) is 1.33. The highest BCUT2D eigenvalue weighted by Crippen LogP contribution is 2.35. The molecule has 1 aromatic carbocycles. The molecule has 0 heterocycles. The third-order valence-corrected chi connectivity index (χ3v) is 2.30. The molecule has 0 amide bonds. The number of halogens is 4. The predicted octanol–water partition coefficient (Wildman–Crippen LogP) is 3.23. The van der Waals surface area contributed by atoms with Crippen molar-refractivity contribution in [1.29, 1.82) is 0 Å². The van der Waals surface area contributed by atoms with Gasteiger partial charge in [-0.1, -0.05) is 0 Å². The Balaban J connectivity index is 3.05.